The van der Waals surface area contributed by atoms with Crippen LogP contribution in [-0.4, -0.2) is 18.1 Å². The summed E-state index contributed by atoms with van der Waals surface area (Å²) in [6.07, 6.45) is 3.61. The van der Waals surface area contributed by atoms with Crippen LogP contribution in [0.5, 0.6) is 0 Å². The number of pyridine rings is 1. The van der Waals surface area contributed by atoms with Gasteiger partial charge in [0.05, 0.1) is 0 Å². The van der Waals surface area contributed by atoms with E-state index in [0.717, 1.165) is 13.0 Å². The molecule has 1 atom stereocenters. The van der Waals surface area contributed by atoms with Crippen molar-refractivity contribution >= 4 is 0 Å². The summed E-state index contributed by atoms with van der Waals surface area (Å²) in [5, 5.41) is 3.10. The molecule has 0 bridgehead atoms. The van der Waals surface area contributed by atoms with Crippen LogP contribution in [0.2, 0.25) is 0 Å². The van der Waals surface area contributed by atoms with Crippen LogP contribution in [0.25, 0.3) is 0 Å². The molecule has 0 saturated carbocycles. The molecular formula is C11H14F2N2. The molecule has 2 nitrogen and oxygen atoms in total. The minimum atomic E-state index is -2.72. The Hall–Kier alpha value is -1.03. The summed E-state index contributed by atoms with van der Waals surface area (Å²) in [5.41, 5.74) is 0.0735. The molecule has 4 heteroatoms. The molecular weight excluding hydrogens is 198 g/mol. The van der Waals surface area contributed by atoms with E-state index in [-0.39, 0.29) is 17.9 Å². The first-order valence-corrected chi connectivity index (χ1v) is 5.17. The number of hydrogen-bond donors (Lipinski definition) is 1. The molecule has 1 aliphatic heterocycles. The standard InChI is InChI=1S/C11H14F2N2/c12-11(13,7-9-1-4-15-8-9)10-2-5-14-6-3-10/h2-3,5-6,9,15H,1,4,7-8H2. The molecule has 1 aromatic heterocycles. The Balaban J connectivity index is 2.05. The Morgan fingerprint density at radius 2 is 2.13 bits per heavy atom. The maximum absolute atomic E-state index is 13.8. The molecule has 2 heterocycles. The largest absolute Gasteiger partial charge is 0.316 e. The van der Waals surface area contributed by atoms with Crippen molar-refractivity contribution in [3.8, 4) is 0 Å². The lowest BCUT2D eigenvalue weighted by atomic mass is 9.96. The van der Waals surface area contributed by atoms with Gasteiger partial charge < -0.3 is 5.32 Å². The van der Waals surface area contributed by atoms with E-state index in [9.17, 15) is 8.78 Å². The van der Waals surface area contributed by atoms with Crippen molar-refractivity contribution in [2.24, 2.45) is 5.92 Å². The molecule has 2 rings (SSSR count). The Labute approximate surface area is 87.7 Å². The predicted octanol–water partition coefficient (Wildman–Crippen LogP) is 2.17. The Bertz CT molecular complexity index is 308. The molecule has 1 N–H and O–H groups in total. The van der Waals surface area contributed by atoms with Crippen LogP contribution in [0, 0.1) is 5.92 Å². The Morgan fingerprint density at radius 3 is 2.73 bits per heavy atom. The van der Waals surface area contributed by atoms with E-state index in [4.69, 9.17) is 0 Å². The number of halogens is 2. The van der Waals surface area contributed by atoms with E-state index in [2.05, 4.69) is 10.3 Å². The van der Waals surface area contributed by atoms with E-state index in [1.807, 2.05) is 0 Å². The zero-order valence-electron chi connectivity index (χ0n) is 8.42. The first-order chi connectivity index (χ1) is 7.18. The lowest BCUT2D eigenvalue weighted by molar-refractivity contribution is -0.0268. The highest BCUT2D eigenvalue weighted by Crippen LogP contribution is 2.35. The van der Waals surface area contributed by atoms with E-state index < -0.39 is 5.92 Å². The van der Waals surface area contributed by atoms with Gasteiger partial charge in [-0.1, -0.05) is 0 Å². The molecule has 0 radical (unpaired) electrons. The molecule has 0 aliphatic carbocycles. The first-order valence-electron chi connectivity index (χ1n) is 5.17. The van der Waals surface area contributed by atoms with Gasteiger partial charge in [-0.15, -0.1) is 0 Å². The van der Waals surface area contributed by atoms with Gasteiger partial charge in [0.15, 0.2) is 0 Å². The van der Waals surface area contributed by atoms with Crippen LogP contribution in [0.3, 0.4) is 0 Å². The van der Waals surface area contributed by atoms with E-state index in [0.29, 0.717) is 6.54 Å². The number of alkyl halides is 2. The molecule has 1 aromatic rings. The van der Waals surface area contributed by atoms with Crippen LogP contribution in [0.4, 0.5) is 8.78 Å². The number of rotatable bonds is 3. The fourth-order valence-corrected chi connectivity index (χ4v) is 1.96. The summed E-state index contributed by atoms with van der Waals surface area (Å²) in [6.45, 7) is 1.57. The van der Waals surface area contributed by atoms with Gasteiger partial charge in [0.1, 0.15) is 0 Å². The molecule has 1 unspecified atom stereocenters. The van der Waals surface area contributed by atoms with Crippen LogP contribution in [0.1, 0.15) is 18.4 Å². The Kier molecular flexibility index (Phi) is 2.95. The summed E-state index contributed by atoms with van der Waals surface area (Å²) >= 11 is 0. The van der Waals surface area contributed by atoms with Crippen LogP contribution in [-0.2, 0) is 5.92 Å². The molecule has 1 aliphatic rings. The van der Waals surface area contributed by atoms with Gasteiger partial charge in [-0.05, 0) is 37.6 Å². The highest BCUT2D eigenvalue weighted by Gasteiger charge is 2.35. The monoisotopic (exact) mass is 212 g/mol. The molecule has 15 heavy (non-hydrogen) atoms. The number of aromatic nitrogens is 1. The summed E-state index contributed by atoms with van der Waals surface area (Å²) in [6, 6.07) is 2.78. The second-order valence-electron chi connectivity index (χ2n) is 4.00. The average Bonchev–Trinajstić information content (AvgIpc) is 2.71. The third-order valence-corrected chi connectivity index (χ3v) is 2.81. The van der Waals surface area contributed by atoms with Crippen molar-refractivity contribution < 1.29 is 8.78 Å². The summed E-state index contributed by atoms with van der Waals surface area (Å²) in [4.78, 5) is 3.75. The summed E-state index contributed by atoms with van der Waals surface area (Å²) in [7, 11) is 0. The maximum Gasteiger partial charge on any atom is 0.273 e. The highest BCUT2D eigenvalue weighted by atomic mass is 19.3. The smallest absolute Gasteiger partial charge is 0.273 e. The van der Waals surface area contributed by atoms with Gasteiger partial charge in [-0.3, -0.25) is 4.98 Å². The second kappa shape index (κ2) is 4.23. The summed E-state index contributed by atoms with van der Waals surface area (Å²) < 4.78 is 27.5. The quantitative estimate of drug-likeness (QED) is 0.830. The minimum absolute atomic E-state index is 0.0655. The van der Waals surface area contributed by atoms with E-state index >= 15 is 0 Å². The molecule has 1 saturated heterocycles. The van der Waals surface area contributed by atoms with Crippen molar-refractivity contribution in [2.45, 2.75) is 18.8 Å². The average molecular weight is 212 g/mol. The highest BCUT2D eigenvalue weighted by molar-refractivity contribution is 5.16. The molecule has 82 valence electrons. The van der Waals surface area contributed by atoms with Crippen molar-refractivity contribution in [1.29, 1.82) is 0 Å². The van der Waals surface area contributed by atoms with Crippen molar-refractivity contribution in [2.75, 3.05) is 13.1 Å². The van der Waals surface area contributed by atoms with Crippen molar-refractivity contribution in [3.63, 3.8) is 0 Å². The fraction of sp³-hybridized carbons (Fsp3) is 0.545. The van der Waals surface area contributed by atoms with Crippen molar-refractivity contribution in [3.05, 3.63) is 30.1 Å². The minimum Gasteiger partial charge on any atom is -0.316 e. The maximum atomic E-state index is 13.8. The first kappa shape index (κ1) is 10.5. The summed E-state index contributed by atoms with van der Waals surface area (Å²) in [5.74, 6) is -2.63. The predicted molar refractivity (Wildman–Crippen MR) is 53.7 cm³/mol. The van der Waals surface area contributed by atoms with Gasteiger partial charge in [0.25, 0.3) is 5.92 Å². The SMILES string of the molecule is FC(F)(CC1CCNC1)c1ccncc1. The lowest BCUT2D eigenvalue weighted by Gasteiger charge is -2.19. The second-order valence-corrected chi connectivity index (χ2v) is 4.00. The third-order valence-electron chi connectivity index (χ3n) is 2.81. The van der Waals surface area contributed by atoms with Gasteiger partial charge in [0, 0.05) is 24.4 Å². The van der Waals surface area contributed by atoms with Gasteiger partial charge in [0.2, 0.25) is 0 Å². The number of hydrogen-bond acceptors (Lipinski definition) is 2. The zero-order valence-corrected chi connectivity index (χ0v) is 8.42. The molecule has 0 amide bonds. The topological polar surface area (TPSA) is 24.9 Å². The molecule has 0 aromatic carbocycles. The number of nitrogens with zero attached hydrogens (tertiary/aromatic N) is 1. The van der Waals surface area contributed by atoms with Crippen LogP contribution >= 0.6 is 0 Å². The Morgan fingerprint density at radius 1 is 1.40 bits per heavy atom. The van der Waals surface area contributed by atoms with Crippen LogP contribution < -0.4 is 5.32 Å². The lowest BCUT2D eigenvalue weighted by Crippen LogP contribution is -2.20. The van der Waals surface area contributed by atoms with Crippen LogP contribution in [0.15, 0.2) is 24.5 Å². The van der Waals surface area contributed by atoms with Gasteiger partial charge >= 0.3 is 0 Å². The molecule has 0 spiro atoms. The van der Waals surface area contributed by atoms with E-state index in [1.165, 1.54) is 24.5 Å². The van der Waals surface area contributed by atoms with E-state index in [1.54, 1.807) is 0 Å². The van der Waals surface area contributed by atoms with Gasteiger partial charge in [-0.25, -0.2) is 8.78 Å². The number of nitrogens with one attached hydrogen (secondary N) is 1. The zero-order chi connectivity index (χ0) is 10.7. The fourth-order valence-electron chi connectivity index (χ4n) is 1.96. The van der Waals surface area contributed by atoms with Gasteiger partial charge in [-0.2, -0.15) is 0 Å². The normalized spacial score (nSPS) is 21.9. The third kappa shape index (κ3) is 2.50. The molecule has 1 fully saturated rings. The van der Waals surface area contributed by atoms with Crippen molar-refractivity contribution in [1.82, 2.24) is 10.3 Å².